The van der Waals surface area contributed by atoms with Crippen LogP contribution < -0.4 is 27.0 Å². The Balaban J connectivity index is 1.34. The number of aliphatic hydroxyl groups excluding tert-OH is 1. The molecule has 15 heteroatoms. The lowest BCUT2D eigenvalue weighted by molar-refractivity contribution is -0.146. The molecule has 1 aliphatic rings. The number of amides is 6. The van der Waals surface area contributed by atoms with E-state index in [0.717, 1.165) is 32.8 Å². The predicted octanol–water partition coefficient (Wildman–Crippen LogP) is 4.19. The molecule has 0 bridgehead atoms. The van der Waals surface area contributed by atoms with E-state index in [1.807, 2.05) is 103 Å². The van der Waals surface area contributed by atoms with Crippen LogP contribution in [-0.2, 0) is 48.2 Å². The summed E-state index contributed by atoms with van der Waals surface area (Å²) < 4.78 is 0. The van der Waals surface area contributed by atoms with Gasteiger partial charge in [-0.2, -0.15) is 0 Å². The van der Waals surface area contributed by atoms with Crippen LogP contribution in [0.2, 0.25) is 0 Å². The SMILES string of the molecule is C[C@H](c1ccccc1)N1CC(=O)N(Cc2cccc3ccccc23)CC(=O)N[C@H](Cc2c[nH]c3ccccc23)C(=O)N[C@@H](CCCCN)C(=O)N[C@@H]([C@@H](C)O)C(=O)N[C@@H](Cc2ccccc2)C1=O. The summed E-state index contributed by atoms with van der Waals surface area (Å²) in [6.45, 7) is 2.42. The minimum atomic E-state index is -1.57. The molecule has 0 saturated carbocycles. The number of aromatic amines is 1. The topological polar surface area (TPSA) is 219 Å². The number of nitrogens with one attached hydrogen (secondary N) is 5. The smallest absolute Gasteiger partial charge is 0.246 e. The lowest BCUT2D eigenvalue weighted by Crippen LogP contribution is -2.62. The molecule has 6 amide bonds. The monoisotopic (exact) mass is 920 g/mol. The highest BCUT2D eigenvalue weighted by atomic mass is 16.3. The van der Waals surface area contributed by atoms with Crippen molar-refractivity contribution in [1.29, 1.82) is 0 Å². The van der Waals surface area contributed by atoms with Gasteiger partial charge in [0.15, 0.2) is 0 Å². The molecule has 1 fully saturated rings. The van der Waals surface area contributed by atoms with Gasteiger partial charge in [0.1, 0.15) is 30.7 Å². The van der Waals surface area contributed by atoms with E-state index in [9.17, 15) is 24.3 Å². The van der Waals surface area contributed by atoms with E-state index in [-0.39, 0.29) is 25.8 Å². The molecule has 1 aliphatic heterocycles. The molecule has 2 heterocycles. The number of nitrogens with zero attached hydrogens (tertiary/aromatic N) is 2. The first-order valence-corrected chi connectivity index (χ1v) is 23.2. The van der Waals surface area contributed by atoms with Crippen molar-refractivity contribution in [3.63, 3.8) is 0 Å². The molecule has 5 aromatic carbocycles. The molecule has 15 nitrogen and oxygen atoms in total. The summed E-state index contributed by atoms with van der Waals surface area (Å²) in [6, 6.07) is 33.1. The third kappa shape index (κ3) is 12.1. The number of aromatic nitrogens is 1. The molecule has 0 unspecified atom stereocenters. The third-order valence-electron chi connectivity index (χ3n) is 12.6. The Bertz CT molecular complexity index is 2700. The number of aliphatic hydroxyl groups is 1. The Morgan fingerprint density at radius 3 is 2.01 bits per heavy atom. The minimum Gasteiger partial charge on any atom is -0.391 e. The Kier molecular flexibility index (Phi) is 16.4. The van der Waals surface area contributed by atoms with Crippen LogP contribution in [0.4, 0.5) is 0 Å². The molecule has 6 aromatic rings. The van der Waals surface area contributed by atoms with Gasteiger partial charge in [-0.05, 0) is 78.7 Å². The molecular formula is C53H60N8O7. The number of hydrogen-bond donors (Lipinski definition) is 7. The highest BCUT2D eigenvalue weighted by Crippen LogP contribution is 2.25. The summed E-state index contributed by atoms with van der Waals surface area (Å²) in [5, 5.41) is 24.9. The van der Waals surface area contributed by atoms with Crippen LogP contribution in [0.5, 0.6) is 0 Å². The molecule has 354 valence electrons. The molecule has 6 atom stereocenters. The van der Waals surface area contributed by atoms with Gasteiger partial charge in [-0.15, -0.1) is 0 Å². The number of hydrogen-bond acceptors (Lipinski definition) is 8. The van der Waals surface area contributed by atoms with Crippen LogP contribution in [-0.4, -0.2) is 105 Å². The second-order valence-corrected chi connectivity index (χ2v) is 17.4. The first-order chi connectivity index (χ1) is 32.9. The zero-order valence-corrected chi connectivity index (χ0v) is 38.4. The second kappa shape index (κ2) is 22.9. The summed E-state index contributed by atoms with van der Waals surface area (Å²) in [4.78, 5) is 94.2. The molecule has 0 radical (unpaired) electrons. The predicted molar refractivity (Wildman–Crippen MR) is 260 cm³/mol. The van der Waals surface area contributed by atoms with Crippen LogP contribution >= 0.6 is 0 Å². The highest BCUT2D eigenvalue weighted by molar-refractivity contribution is 5.98. The van der Waals surface area contributed by atoms with Crippen LogP contribution in [0, 0.1) is 0 Å². The fraction of sp³-hybridized carbons (Fsp3) is 0.321. The van der Waals surface area contributed by atoms with Crippen molar-refractivity contribution in [2.24, 2.45) is 5.73 Å². The van der Waals surface area contributed by atoms with E-state index in [1.54, 1.807) is 37.4 Å². The fourth-order valence-electron chi connectivity index (χ4n) is 8.78. The van der Waals surface area contributed by atoms with Crippen molar-refractivity contribution in [3.8, 4) is 0 Å². The van der Waals surface area contributed by atoms with Crippen molar-refractivity contribution in [1.82, 2.24) is 36.1 Å². The number of unbranched alkanes of at least 4 members (excludes halogenated alkanes) is 1. The van der Waals surface area contributed by atoms with Gasteiger partial charge in [-0.1, -0.05) is 121 Å². The van der Waals surface area contributed by atoms with Gasteiger partial charge in [-0.3, -0.25) is 28.8 Å². The van der Waals surface area contributed by atoms with Crippen molar-refractivity contribution in [2.75, 3.05) is 19.6 Å². The second-order valence-electron chi connectivity index (χ2n) is 17.4. The normalized spacial score (nSPS) is 20.2. The van der Waals surface area contributed by atoms with E-state index in [0.29, 0.717) is 30.5 Å². The summed E-state index contributed by atoms with van der Waals surface area (Å²) in [7, 11) is 0. The summed E-state index contributed by atoms with van der Waals surface area (Å²) in [5.41, 5.74) is 9.51. The van der Waals surface area contributed by atoms with Crippen LogP contribution in [0.25, 0.3) is 21.7 Å². The maximum absolute atomic E-state index is 15.3. The van der Waals surface area contributed by atoms with Crippen LogP contribution in [0.15, 0.2) is 134 Å². The van der Waals surface area contributed by atoms with Gasteiger partial charge in [0.2, 0.25) is 35.4 Å². The van der Waals surface area contributed by atoms with Crippen molar-refractivity contribution in [2.45, 2.75) is 88.8 Å². The molecule has 68 heavy (non-hydrogen) atoms. The van der Waals surface area contributed by atoms with Gasteiger partial charge in [0.25, 0.3) is 0 Å². The number of carbonyl (C=O) groups is 6. The van der Waals surface area contributed by atoms with E-state index in [2.05, 4.69) is 26.3 Å². The Labute approximate surface area is 395 Å². The fourth-order valence-corrected chi connectivity index (χ4v) is 8.78. The minimum absolute atomic E-state index is 0.00416. The van der Waals surface area contributed by atoms with E-state index in [1.165, 1.54) is 16.7 Å². The van der Waals surface area contributed by atoms with Crippen molar-refractivity contribution >= 4 is 57.1 Å². The molecule has 0 aliphatic carbocycles. The van der Waals surface area contributed by atoms with Crippen LogP contribution in [0.3, 0.4) is 0 Å². The van der Waals surface area contributed by atoms with Crippen molar-refractivity contribution < 1.29 is 33.9 Å². The number of carbonyl (C=O) groups excluding carboxylic acids is 6. The van der Waals surface area contributed by atoms with E-state index in [4.69, 9.17) is 5.73 Å². The number of H-pyrrole nitrogens is 1. The number of rotatable bonds is 13. The lowest BCUT2D eigenvalue weighted by Gasteiger charge is -2.35. The first kappa shape index (κ1) is 48.6. The molecule has 1 saturated heterocycles. The molecule has 0 spiro atoms. The third-order valence-corrected chi connectivity index (χ3v) is 12.6. The molecular weight excluding hydrogens is 861 g/mol. The Morgan fingerprint density at radius 1 is 0.632 bits per heavy atom. The maximum atomic E-state index is 15.3. The molecule has 8 N–H and O–H groups in total. The van der Waals surface area contributed by atoms with Gasteiger partial charge in [-0.25, -0.2) is 0 Å². The Hall–Kier alpha value is -7.36. The summed E-state index contributed by atoms with van der Waals surface area (Å²) >= 11 is 0. The standard InChI is InChI=1S/C53H60N8O7/c1-34(37-18-7-4-8-19-37)61-33-48(64)60(31-39-22-15-21-38-20-9-10-23-41(38)39)32-47(63)56-45(29-40-30-55-43-25-12-11-24-42(40)43)51(66)57-44(26-13-14-27-54)50(65)59-49(35(2)62)52(67)58-46(53(61)68)28-36-16-5-3-6-17-36/h3-12,15-25,30,34-35,44-46,49,55,62H,13-14,26-29,31-33,54H2,1-2H3,(H,56,63)(H,57,66)(H,58,67)(H,59,65)/t34-,35-,44+,45-,46+,49+/m1/s1. The lowest BCUT2D eigenvalue weighted by atomic mass is 10.0. The van der Waals surface area contributed by atoms with Gasteiger partial charge < -0.3 is 46.9 Å². The van der Waals surface area contributed by atoms with Gasteiger partial charge in [0.05, 0.1) is 18.7 Å². The summed E-state index contributed by atoms with van der Waals surface area (Å²) in [5.74, 6) is -4.12. The largest absolute Gasteiger partial charge is 0.391 e. The highest BCUT2D eigenvalue weighted by Gasteiger charge is 2.37. The van der Waals surface area contributed by atoms with Crippen LogP contribution in [0.1, 0.15) is 61.4 Å². The number of fused-ring (bicyclic) bond motifs is 2. The number of para-hydroxylation sites is 1. The molecule has 7 rings (SSSR count). The van der Waals surface area contributed by atoms with E-state index >= 15 is 9.59 Å². The summed E-state index contributed by atoms with van der Waals surface area (Å²) in [6.07, 6.45) is 1.38. The maximum Gasteiger partial charge on any atom is 0.246 e. The number of benzene rings is 5. The Morgan fingerprint density at radius 2 is 1.28 bits per heavy atom. The molecule has 1 aromatic heterocycles. The van der Waals surface area contributed by atoms with Gasteiger partial charge in [0, 0.05) is 36.5 Å². The quantitative estimate of drug-likeness (QED) is 0.0832. The zero-order chi connectivity index (χ0) is 48.2. The first-order valence-electron chi connectivity index (χ1n) is 23.2. The average Bonchev–Trinajstić information content (AvgIpc) is 3.76. The zero-order valence-electron chi connectivity index (χ0n) is 38.4. The van der Waals surface area contributed by atoms with Gasteiger partial charge >= 0.3 is 0 Å². The van der Waals surface area contributed by atoms with E-state index < -0.39 is 84.8 Å². The van der Waals surface area contributed by atoms with Crippen molar-refractivity contribution in [3.05, 3.63) is 156 Å². The number of nitrogens with two attached hydrogens (primary N) is 1. The average molecular weight is 921 g/mol.